The van der Waals surface area contributed by atoms with Crippen LogP contribution in [0, 0.1) is 0 Å². The first kappa shape index (κ1) is 16.1. The lowest BCUT2D eigenvalue weighted by Gasteiger charge is -2.41. The summed E-state index contributed by atoms with van der Waals surface area (Å²) in [5.74, 6) is -1.45. The summed E-state index contributed by atoms with van der Waals surface area (Å²) in [6, 6.07) is -1.01. The maximum absolute atomic E-state index is 12.7. The molecule has 1 unspecified atom stereocenters. The minimum Gasteiger partial charge on any atom is -0.481 e. The molecule has 0 aliphatic carbocycles. The van der Waals surface area contributed by atoms with Crippen LogP contribution in [0.1, 0.15) is 33.1 Å². The van der Waals surface area contributed by atoms with E-state index in [0.29, 0.717) is 6.54 Å². The van der Waals surface area contributed by atoms with Gasteiger partial charge in [0.2, 0.25) is 0 Å². The van der Waals surface area contributed by atoms with E-state index in [1.165, 1.54) is 4.90 Å². The third kappa shape index (κ3) is 3.48. The van der Waals surface area contributed by atoms with E-state index >= 15 is 0 Å². The summed E-state index contributed by atoms with van der Waals surface area (Å²) in [4.78, 5) is 26.8. The Morgan fingerprint density at radius 2 is 1.95 bits per heavy atom. The molecule has 8 heteroatoms. The van der Waals surface area contributed by atoms with Gasteiger partial charge < -0.3 is 14.9 Å². The molecule has 0 aromatic rings. The molecule has 0 bridgehead atoms. The van der Waals surface area contributed by atoms with Crippen LogP contribution in [0.15, 0.2) is 0 Å². The molecule has 2 aliphatic heterocycles. The number of carbonyl (C=O) groups is 2. The third-order valence-corrected chi connectivity index (χ3v) is 6.02. The molecule has 21 heavy (non-hydrogen) atoms. The summed E-state index contributed by atoms with van der Waals surface area (Å²) in [7, 11) is -3.27. The number of urea groups is 1. The van der Waals surface area contributed by atoms with Crippen molar-refractivity contribution < 1.29 is 23.1 Å². The molecular weight excluding hydrogens is 296 g/mol. The molecule has 2 heterocycles. The van der Waals surface area contributed by atoms with Crippen LogP contribution < -0.4 is 0 Å². The molecule has 0 aromatic carbocycles. The number of nitrogens with zero attached hydrogens (tertiary/aromatic N) is 2. The lowest BCUT2D eigenvalue weighted by atomic mass is 10.0. The molecule has 120 valence electrons. The Kier molecular flexibility index (Phi) is 4.19. The average Bonchev–Trinajstić information content (AvgIpc) is 2.66. The fourth-order valence-corrected chi connectivity index (χ4v) is 4.65. The molecule has 2 amide bonds. The zero-order chi connectivity index (χ0) is 15.8. The summed E-state index contributed by atoms with van der Waals surface area (Å²) in [5, 5.41) is 8.96. The highest BCUT2D eigenvalue weighted by Crippen LogP contribution is 2.30. The Labute approximate surface area is 124 Å². The summed E-state index contributed by atoms with van der Waals surface area (Å²) >= 11 is 0. The van der Waals surface area contributed by atoms with Gasteiger partial charge in [0, 0.05) is 18.6 Å². The number of rotatable bonds is 2. The SMILES string of the molecule is CC1(C)CCCN1C(=O)N1CCS(=O)(=O)CC1CC(=O)O. The second kappa shape index (κ2) is 5.47. The lowest BCUT2D eigenvalue weighted by molar-refractivity contribution is -0.138. The predicted molar refractivity (Wildman–Crippen MR) is 76.8 cm³/mol. The first-order chi connectivity index (χ1) is 9.62. The Morgan fingerprint density at radius 1 is 1.29 bits per heavy atom. The van der Waals surface area contributed by atoms with Crippen molar-refractivity contribution in [2.45, 2.75) is 44.7 Å². The predicted octanol–water partition coefficient (Wildman–Crippen LogP) is 0.555. The minimum atomic E-state index is -3.27. The highest BCUT2D eigenvalue weighted by molar-refractivity contribution is 7.91. The van der Waals surface area contributed by atoms with Crippen LogP contribution in [0.4, 0.5) is 4.79 Å². The Balaban J connectivity index is 2.19. The standard InChI is InChI=1S/C13H22N2O5S/c1-13(2)4-3-5-15(13)12(18)14-6-7-21(19,20)9-10(14)8-11(16)17/h10H,3-9H2,1-2H3,(H,16,17). The highest BCUT2D eigenvalue weighted by Gasteiger charge is 2.42. The van der Waals surface area contributed by atoms with Crippen molar-refractivity contribution in [2.24, 2.45) is 0 Å². The molecule has 7 nitrogen and oxygen atoms in total. The number of likely N-dealkylation sites (tertiary alicyclic amines) is 1. The number of carboxylic acids is 1. The van der Waals surface area contributed by atoms with Crippen LogP contribution in [-0.2, 0) is 14.6 Å². The highest BCUT2D eigenvalue weighted by atomic mass is 32.2. The van der Waals surface area contributed by atoms with Gasteiger partial charge in [-0.15, -0.1) is 0 Å². The van der Waals surface area contributed by atoms with Gasteiger partial charge in [-0.05, 0) is 26.7 Å². The number of carboxylic acid groups (broad SMARTS) is 1. The smallest absolute Gasteiger partial charge is 0.320 e. The largest absolute Gasteiger partial charge is 0.481 e. The molecule has 2 aliphatic rings. The van der Waals surface area contributed by atoms with Crippen molar-refractivity contribution in [3.63, 3.8) is 0 Å². The molecule has 0 aromatic heterocycles. The Morgan fingerprint density at radius 3 is 2.48 bits per heavy atom. The van der Waals surface area contributed by atoms with Crippen molar-refractivity contribution in [3.8, 4) is 0 Å². The molecule has 0 radical (unpaired) electrons. The quantitative estimate of drug-likeness (QED) is 0.802. The Hall–Kier alpha value is -1.31. The van der Waals surface area contributed by atoms with Crippen LogP contribution in [0.2, 0.25) is 0 Å². The molecule has 1 atom stereocenters. The van der Waals surface area contributed by atoms with Crippen molar-refractivity contribution in [3.05, 3.63) is 0 Å². The van der Waals surface area contributed by atoms with Gasteiger partial charge in [0.1, 0.15) is 0 Å². The third-order valence-electron chi connectivity index (χ3n) is 4.32. The first-order valence-electron chi connectivity index (χ1n) is 7.13. The summed E-state index contributed by atoms with van der Waals surface area (Å²) in [6.45, 7) is 4.66. The molecule has 2 rings (SSSR count). The molecule has 2 fully saturated rings. The van der Waals surface area contributed by atoms with E-state index in [9.17, 15) is 18.0 Å². The van der Waals surface area contributed by atoms with E-state index in [-0.39, 0.29) is 36.0 Å². The van der Waals surface area contributed by atoms with E-state index in [2.05, 4.69) is 0 Å². The first-order valence-corrected chi connectivity index (χ1v) is 8.95. The molecule has 0 saturated carbocycles. The second-order valence-electron chi connectivity index (χ2n) is 6.41. The average molecular weight is 318 g/mol. The lowest BCUT2D eigenvalue weighted by Crippen LogP contribution is -2.58. The molecule has 2 saturated heterocycles. The van der Waals surface area contributed by atoms with Gasteiger partial charge >= 0.3 is 12.0 Å². The zero-order valence-electron chi connectivity index (χ0n) is 12.4. The fourth-order valence-electron chi connectivity index (χ4n) is 3.13. The van der Waals surface area contributed by atoms with Crippen molar-refractivity contribution in [1.82, 2.24) is 9.80 Å². The molecule has 0 spiro atoms. The van der Waals surface area contributed by atoms with E-state index in [1.54, 1.807) is 4.90 Å². The second-order valence-corrected chi connectivity index (χ2v) is 8.64. The normalized spacial score (nSPS) is 27.6. The minimum absolute atomic E-state index is 0.0751. The van der Waals surface area contributed by atoms with E-state index in [1.807, 2.05) is 13.8 Å². The van der Waals surface area contributed by atoms with Gasteiger partial charge in [-0.25, -0.2) is 13.2 Å². The van der Waals surface area contributed by atoms with Gasteiger partial charge in [-0.1, -0.05) is 0 Å². The number of aliphatic carboxylic acids is 1. The van der Waals surface area contributed by atoms with Gasteiger partial charge in [0.25, 0.3) is 0 Å². The van der Waals surface area contributed by atoms with Gasteiger partial charge in [-0.3, -0.25) is 4.79 Å². The maximum Gasteiger partial charge on any atom is 0.320 e. The van der Waals surface area contributed by atoms with Crippen LogP contribution >= 0.6 is 0 Å². The number of hydrogen-bond acceptors (Lipinski definition) is 4. The van der Waals surface area contributed by atoms with Crippen molar-refractivity contribution >= 4 is 21.8 Å². The number of amides is 2. The van der Waals surface area contributed by atoms with E-state index in [4.69, 9.17) is 5.11 Å². The van der Waals surface area contributed by atoms with Crippen LogP contribution in [0.3, 0.4) is 0 Å². The number of carbonyl (C=O) groups excluding carboxylic acids is 1. The van der Waals surface area contributed by atoms with Gasteiger partial charge in [-0.2, -0.15) is 0 Å². The van der Waals surface area contributed by atoms with Gasteiger partial charge in [0.05, 0.1) is 24.0 Å². The fraction of sp³-hybridized carbons (Fsp3) is 0.846. The van der Waals surface area contributed by atoms with Crippen molar-refractivity contribution in [1.29, 1.82) is 0 Å². The number of sulfone groups is 1. The van der Waals surface area contributed by atoms with Crippen LogP contribution in [0.5, 0.6) is 0 Å². The Bertz CT molecular complexity index is 543. The number of hydrogen-bond donors (Lipinski definition) is 1. The zero-order valence-corrected chi connectivity index (χ0v) is 13.2. The molecule has 1 N–H and O–H groups in total. The monoisotopic (exact) mass is 318 g/mol. The summed E-state index contributed by atoms with van der Waals surface area (Å²) in [5.41, 5.74) is -0.263. The molecular formula is C13H22N2O5S. The maximum atomic E-state index is 12.7. The summed E-state index contributed by atoms with van der Waals surface area (Å²) in [6.07, 6.45) is 1.47. The van der Waals surface area contributed by atoms with E-state index in [0.717, 1.165) is 12.8 Å². The van der Waals surface area contributed by atoms with E-state index < -0.39 is 21.8 Å². The van der Waals surface area contributed by atoms with Crippen molar-refractivity contribution in [2.75, 3.05) is 24.6 Å². The van der Waals surface area contributed by atoms with Gasteiger partial charge in [0.15, 0.2) is 9.84 Å². The summed E-state index contributed by atoms with van der Waals surface area (Å²) < 4.78 is 23.4. The van der Waals surface area contributed by atoms with Crippen LogP contribution in [0.25, 0.3) is 0 Å². The van der Waals surface area contributed by atoms with Crippen LogP contribution in [-0.4, -0.2) is 71.5 Å². The topological polar surface area (TPSA) is 95.0 Å².